The lowest BCUT2D eigenvalue weighted by atomic mass is 10.1. The van der Waals surface area contributed by atoms with Gasteiger partial charge in [-0.2, -0.15) is 5.26 Å². The first-order valence-electron chi connectivity index (χ1n) is 5.60. The van der Waals surface area contributed by atoms with Gasteiger partial charge in [0.2, 0.25) is 5.82 Å². The third-order valence-corrected chi connectivity index (χ3v) is 2.87. The van der Waals surface area contributed by atoms with Crippen molar-refractivity contribution in [1.29, 1.82) is 5.26 Å². The highest BCUT2D eigenvalue weighted by molar-refractivity contribution is 6.29. The number of rotatable bonds is 3. The van der Waals surface area contributed by atoms with E-state index in [-0.39, 0.29) is 16.7 Å². The van der Waals surface area contributed by atoms with E-state index in [4.69, 9.17) is 16.9 Å². The smallest absolute Gasteiger partial charge is 0.311 e. The van der Waals surface area contributed by atoms with Crippen LogP contribution in [0, 0.1) is 28.4 Å². The molecule has 20 heavy (non-hydrogen) atoms. The van der Waals surface area contributed by atoms with Crippen LogP contribution in [0.4, 0.5) is 17.2 Å². The Morgan fingerprint density at radius 1 is 1.40 bits per heavy atom. The molecule has 0 aliphatic carbocycles. The van der Waals surface area contributed by atoms with E-state index in [0.717, 1.165) is 5.56 Å². The Morgan fingerprint density at radius 3 is 2.80 bits per heavy atom. The maximum absolute atomic E-state index is 11.0. The minimum Gasteiger partial charge on any atom is -0.334 e. The van der Waals surface area contributed by atoms with E-state index in [1.165, 1.54) is 12.1 Å². The first-order valence-corrected chi connectivity index (χ1v) is 5.98. The van der Waals surface area contributed by atoms with Crippen LogP contribution in [0.1, 0.15) is 11.1 Å². The molecule has 0 unspecified atom stereocenters. The van der Waals surface area contributed by atoms with Crippen LogP contribution >= 0.6 is 11.6 Å². The predicted octanol–water partition coefficient (Wildman–Crippen LogP) is 3.57. The van der Waals surface area contributed by atoms with Crippen molar-refractivity contribution in [2.24, 2.45) is 0 Å². The molecular weight excluding hydrogens is 280 g/mol. The molecule has 6 nitrogen and oxygen atoms in total. The van der Waals surface area contributed by atoms with Crippen molar-refractivity contribution in [3.63, 3.8) is 0 Å². The monoisotopic (exact) mass is 288 g/mol. The Balaban J connectivity index is 2.47. The van der Waals surface area contributed by atoms with Crippen LogP contribution in [0.15, 0.2) is 30.3 Å². The minimum atomic E-state index is -0.546. The number of hydrogen-bond donors (Lipinski definition) is 1. The van der Waals surface area contributed by atoms with Crippen molar-refractivity contribution in [3.8, 4) is 6.07 Å². The van der Waals surface area contributed by atoms with Crippen molar-refractivity contribution < 1.29 is 4.92 Å². The molecule has 100 valence electrons. The van der Waals surface area contributed by atoms with Gasteiger partial charge in [-0.1, -0.05) is 17.7 Å². The van der Waals surface area contributed by atoms with Crippen molar-refractivity contribution in [2.75, 3.05) is 5.32 Å². The third kappa shape index (κ3) is 2.84. The van der Waals surface area contributed by atoms with Gasteiger partial charge in [-0.3, -0.25) is 10.1 Å². The number of nitrogens with zero attached hydrogens (tertiary/aromatic N) is 3. The highest BCUT2D eigenvalue weighted by Gasteiger charge is 2.16. The number of nitrogens with one attached hydrogen (secondary N) is 1. The number of benzene rings is 1. The normalized spacial score (nSPS) is 9.85. The number of aromatic nitrogens is 1. The van der Waals surface area contributed by atoms with Crippen LogP contribution in [-0.4, -0.2) is 9.91 Å². The van der Waals surface area contributed by atoms with Gasteiger partial charge in [-0.25, -0.2) is 4.98 Å². The molecule has 1 heterocycles. The number of nitro groups is 1. The number of hydrogen-bond acceptors (Lipinski definition) is 5. The molecule has 0 spiro atoms. The molecule has 1 aromatic carbocycles. The van der Waals surface area contributed by atoms with Crippen LogP contribution in [0.25, 0.3) is 0 Å². The molecule has 2 rings (SSSR count). The molecule has 2 aromatic rings. The average Bonchev–Trinajstić information content (AvgIpc) is 2.41. The quantitative estimate of drug-likeness (QED) is 0.529. The van der Waals surface area contributed by atoms with Gasteiger partial charge >= 0.3 is 5.69 Å². The SMILES string of the molecule is Cc1ccc(C#N)cc1Nc1nc(Cl)ccc1[N+](=O)[O-]. The van der Waals surface area contributed by atoms with Crippen molar-refractivity contribution in [2.45, 2.75) is 6.92 Å². The minimum absolute atomic E-state index is 0.0423. The molecule has 0 amide bonds. The summed E-state index contributed by atoms with van der Waals surface area (Å²) >= 11 is 5.76. The van der Waals surface area contributed by atoms with Crippen LogP contribution in [-0.2, 0) is 0 Å². The largest absolute Gasteiger partial charge is 0.334 e. The van der Waals surface area contributed by atoms with E-state index in [1.807, 2.05) is 13.0 Å². The Kier molecular flexibility index (Phi) is 3.82. The molecule has 0 saturated carbocycles. The predicted molar refractivity (Wildman–Crippen MR) is 75.1 cm³/mol. The molecule has 1 N–H and O–H groups in total. The van der Waals surface area contributed by atoms with Crippen LogP contribution in [0.2, 0.25) is 5.15 Å². The van der Waals surface area contributed by atoms with Gasteiger partial charge in [0.1, 0.15) is 5.15 Å². The molecule has 0 saturated heterocycles. The Hall–Kier alpha value is -2.65. The van der Waals surface area contributed by atoms with Gasteiger partial charge in [0.25, 0.3) is 0 Å². The number of pyridine rings is 1. The molecule has 7 heteroatoms. The Bertz CT molecular complexity index is 725. The summed E-state index contributed by atoms with van der Waals surface area (Å²) in [7, 11) is 0. The number of halogens is 1. The molecule has 0 fully saturated rings. The van der Waals surface area contributed by atoms with E-state index in [1.54, 1.807) is 18.2 Å². The molecule has 0 radical (unpaired) electrons. The molecule has 0 atom stereocenters. The summed E-state index contributed by atoms with van der Waals surface area (Å²) < 4.78 is 0. The Labute approximate surface area is 119 Å². The van der Waals surface area contributed by atoms with Gasteiger partial charge in [0.05, 0.1) is 16.6 Å². The highest BCUT2D eigenvalue weighted by Crippen LogP contribution is 2.28. The maximum Gasteiger partial charge on any atom is 0.311 e. The van der Waals surface area contributed by atoms with Gasteiger partial charge in [0.15, 0.2) is 0 Å². The van der Waals surface area contributed by atoms with Crippen LogP contribution in [0.5, 0.6) is 0 Å². The third-order valence-electron chi connectivity index (χ3n) is 2.66. The van der Waals surface area contributed by atoms with Gasteiger partial charge < -0.3 is 5.32 Å². The highest BCUT2D eigenvalue weighted by atomic mass is 35.5. The second-order valence-electron chi connectivity index (χ2n) is 4.03. The number of nitriles is 1. The van der Waals surface area contributed by atoms with E-state index < -0.39 is 4.92 Å². The molecule has 0 aliphatic heterocycles. The van der Waals surface area contributed by atoms with E-state index >= 15 is 0 Å². The van der Waals surface area contributed by atoms with Gasteiger partial charge in [-0.05, 0) is 30.7 Å². The molecule has 0 bridgehead atoms. The lowest BCUT2D eigenvalue weighted by molar-refractivity contribution is -0.384. The fourth-order valence-corrected chi connectivity index (χ4v) is 1.77. The summed E-state index contributed by atoms with van der Waals surface area (Å²) in [5.41, 5.74) is 1.67. The molecule has 0 aliphatic rings. The van der Waals surface area contributed by atoms with Crippen molar-refractivity contribution >= 4 is 28.8 Å². The van der Waals surface area contributed by atoms with Crippen LogP contribution in [0.3, 0.4) is 0 Å². The standard InChI is InChI=1S/C13H9ClN4O2/c1-8-2-3-9(7-15)6-10(8)16-13-11(18(19)20)4-5-12(14)17-13/h2-6H,1H3,(H,16,17). The summed E-state index contributed by atoms with van der Waals surface area (Å²) in [6, 6.07) is 9.65. The van der Waals surface area contributed by atoms with E-state index in [2.05, 4.69) is 10.3 Å². The fraction of sp³-hybridized carbons (Fsp3) is 0.0769. The van der Waals surface area contributed by atoms with Crippen molar-refractivity contribution in [1.82, 2.24) is 4.98 Å². The fourth-order valence-electron chi connectivity index (χ4n) is 1.62. The summed E-state index contributed by atoms with van der Waals surface area (Å²) in [5, 5.41) is 22.8. The molecular formula is C13H9ClN4O2. The average molecular weight is 289 g/mol. The maximum atomic E-state index is 11.0. The molecule has 1 aromatic heterocycles. The zero-order valence-electron chi connectivity index (χ0n) is 10.4. The summed E-state index contributed by atoms with van der Waals surface area (Å²) in [5.74, 6) is 0.0423. The second-order valence-corrected chi connectivity index (χ2v) is 4.41. The van der Waals surface area contributed by atoms with E-state index in [0.29, 0.717) is 11.3 Å². The van der Waals surface area contributed by atoms with Gasteiger partial charge in [0, 0.05) is 11.8 Å². The van der Waals surface area contributed by atoms with Crippen molar-refractivity contribution in [3.05, 3.63) is 56.7 Å². The second kappa shape index (κ2) is 5.55. The zero-order chi connectivity index (χ0) is 14.7. The summed E-state index contributed by atoms with van der Waals surface area (Å²) in [6.07, 6.45) is 0. The first-order chi connectivity index (χ1) is 9.51. The van der Waals surface area contributed by atoms with Crippen LogP contribution < -0.4 is 5.32 Å². The lowest BCUT2D eigenvalue weighted by Gasteiger charge is -2.09. The number of aryl methyl sites for hydroxylation is 1. The number of anilines is 2. The summed E-state index contributed by atoms with van der Waals surface area (Å²) in [4.78, 5) is 14.3. The summed E-state index contributed by atoms with van der Waals surface area (Å²) in [6.45, 7) is 1.82. The van der Waals surface area contributed by atoms with Gasteiger partial charge in [-0.15, -0.1) is 0 Å². The zero-order valence-corrected chi connectivity index (χ0v) is 11.2. The topological polar surface area (TPSA) is 91.8 Å². The van der Waals surface area contributed by atoms with E-state index in [9.17, 15) is 10.1 Å². The Morgan fingerprint density at radius 2 is 2.15 bits per heavy atom. The lowest BCUT2D eigenvalue weighted by Crippen LogP contribution is -2.01. The first kappa shape index (κ1) is 13.8.